The van der Waals surface area contributed by atoms with E-state index >= 15 is 0 Å². The molecule has 1 aromatic heterocycles. The van der Waals surface area contributed by atoms with Gasteiger partial charge in [0, 0.05) is 17.4 Å². The predicted molar refractivity (Wildman–Crippen MR) is 119 cm³/mol. The number of rotatable bonds is 5. The molecule has 0 aliphatic heterocycles. The number of benzene rings is 2. The number of aliphatic hydroxyl groups is 1. The molecule has 6 nitrogen and oxygen atoms in total. The number of ketones is 1. The van der Waals surface area contributed by atoms with E-state index in [1.54, 1.807) is 0 Å². The van der Waals surface area contributed by atoms with Crippen LogP contribution in [0.25, 0.3) is 10.8 Å². The Balaban J connectivity index is 2.18. The molecule has 0 radical (unpaired) electrons. The molecule has 0 aliphatic carbocycles. The molecule has 1 heterocycles. The SMILES string of the molecule is Cc1noc(=O)c2ccc(C(=O)C(O)(CC(C)(C)c3cccc(Cl)c3Cl)C(F)(F)F)c(N)c12. The topological polar surface area (TPSA) is 106 Å². The van der Waals surface area contributed by atoms with Crippen molar-refractivity contribution in [3.63, 3.8) is 0 Å². The summed E-state index contributed by atoms with van der Waals surface area (Å²) in [4.78, 5) is 25.1. The molecular formula is C22H19Cl2F3N2O4. The number of carbonyl (C=O) groups excluding carboxylic acids is 1. The summed E-state index contributed by atoms with van der Waals surface area (Å²) in [5.74, 6) is -1.67. The summed E-state index contributed by atoms with van der Waals surface area (Å²) < 4.78 is 47.2. The van der Waals surface area contributed by atoms with Crippen LogP contribution >= 0.6 is 23.2 Å². The van der Waals surface area contributed by atoms with Gasteiger partial charge in [-0.05, 0) is 36.1 Å². The molecule has 11 heteroatoms. The number of fused-ring (bicyclic) bond motifs is 1. The smallest absolute Gasteiger partial charge is 0.398 e. The molecule has 0 fully saturated rings. The van der Waals surface area contributed by atoms with Gasteiger partial charge in [0.15, 0.2) is 0 Å². The molecule has 0 amide bonds. The van der Waals surface area contributed by atoms with Crippen LogP contribution in [0.3, 0.4) is 0 Å². The molecule has 1 unspecified atom stereocenters. The van der Waals surface area contributed by atoms with Gasteiger partial charge in [0.05, 0.1) is 26.8 Å². The van der Waals surface area contributed by atoms with E-state index in [1.807, 2.05) is 0 Å². The van der Waals surface area contributed by atoms with Gasteiger partial charge in [0.25, 0.3) is 0 Å². The Morgan fingerprint density at radius 3 is 2.42 bits per heavy atom. The van der Waals surface area contributed by atoms with Crippen LogP contribution in [0.1, 0.15) is 41.9 Å². The fourth-order valence-electron chi connectivity index (χ4n) is 3.88. The van der Waals surface area contributed by atoms with E-state index in [0.717, 1.165) is 12.1 Å². The minimum Gasteiger partial charge on any atom is -0.398 e. The quantitative estimate of drug-likeness (QED) is 0.365. The van der Waals surface area contributed by atoms with Crippen LogP contribution in [-0.4, -0.2) is 27.8 Å². The van der Waals surface area contributed by atoms with Gasteiger partial charge in [-0.3, -0.25) is 4.79 Å². The van der Waals surface area contributed by atoms with Crippen molar-refractivity contribution in [1.82, 2.24) is 5.16 Å². The molecule has 2 aromatic carbocycles. The third-order valence-electron chi connectivity index (χ3n) is 5.56. The second kappa shape index (κ2) is 8.30. The van der Waals surface area contributed by atoms with Crippen molar-refractivity contribution in [2.45, 2.75) is 44.4 Å². The largest absolute Gasteiger partial charge is 0.424 e. The zero-order valence-corrected chi connectivity index (χ0v) is 19.2. The Morgan fingerprint density at radius 1 is 1.18 bits per heavy atom. The molecule has 3 rings (SSSR count). The number of aromatic nitrogens is 1. The Morgan fingerprint density at radius 2 is 1.82 bits per heavy atom. The minimum absolute atomic E-state index is 0.0137. The average Bonchev–Trinajstić information content (AvgIpc) is 2.71. The molecule has 3 aromatic rings. The van der Waals surface area contributed by atoms with E-state index < -0.39 is 46.3 Å². The highest BCUT2D eigenvalue weighted by molar-refractivity contribution is 6.42. The van der Waals surface area contributed by atoms with E-state index in [0.29, 0.717) is 0 Å². The van der Waals surface area contributed by atoms with Crippen LogP contribution in [-0.2, 0) is 5.41 Å². The van der Waals surface area contributed by atoms with E-state index in [4.69, 9.17) is 28.9 Å². The third-order valence-corrected chi connectivity index (χ3v) is 6.38. The van der Waals surface area contributed by atoms with Crippen molar-refractivity contribution < 1.29 is 27.6 Å². The zero-order chi connectivity index (χ0) is 24.9. The number of halogens is 5. The van der Waals surface area contributed by atoms with E-state index in [1.165, 1.54) is 39.0 Å². The summed E-state index contributed by atoms with van der Waals surface area (Å²) in [6, 6.07) is 6.49. The Labute approximate surface area is 196 Å². The highest BCUT2D eigenvalue weighted by atomic mass is 35.5. The number of nitrogens with zero attached hydrogens (tertiary/aromatic N) is 1. The highest BCUT2D eigenvalue weighted by Crippen LogP contribution is 2.46. The molecule has 0 bridgehead atoms. The second-order valence-electron chi connectivity index (χ2n) is 8.35. The van der Waals surface area contributed by atoms with Crippen molar-refractivity contribution in [3.05, 3.63) is 67.6 Å². The lowest BCUT2D eigenvalue weighted by atomic mass is 9.72. The van der Waals surface area contributed by atoms with Crippen LogP contribution in [0, 0.1) is 6.92 Å². The summed E-state index contributed by atoms with van der Waals surface area (Å²) in [5, 5.41) is 14.4. The summed E-state index contributed by atoms with van der Waals surface area (Å²) >= 11 is 12.2. The van der Waals surface area contributed by atoms with Crippen molar-refractivity contribution in [2.24, 2.45) is 0 Å². The number of hydrogen-bond acceptors (Lipinski definition) is 6. The Hall–Kier alpha value is -2.62. The van der Waals surface area contributed by atoms with Gasteiger partial charge in [0.1, 0.15) is 0 Å². The van der Waals surface area contributed by atoms with Gasteiger partial charge >= 0.3 is 11.8 Å². The van der Waals surface area contributed by atoms with Crippen LogP contribution in [0.4, 0.5) is 18.9 Å². The lowest BCUT2D eigenvalue weighted by Crippen LogP contribution is -2.55. The highest BCUT2D eigenvalue weighted by Gasteiger charge is 2.61. The van der Waals surface area contributed by atoms with Gasteiger partial charge in [-0.15, -0.1) is 0 Å². The van der Waals surface area contributed by atoms with E-state index in [2.05, 4.69) is 9.68 Å². The van der Waals surface area contributed by atoms with Crippen LogP contribution < -0.4 is 11.4 Å². The molecule has 33 heavy (non-hydrogen) atoms. The standard InChI is InChI=1S/C22H19Cl2F3N2O4/c1-10-15-11(19(31)33-29-10)7-8-12(17(15)28)18(30)21(32,22(25,26)27)9-20(2,3)13-5-4-6-14(23)16(13)24/h4-8,32H,9,28H2,1-3H3. The lowest BCUT2D eigenvalue weighted by Gasteiger charge is -2.37. The number of anilines is 1. The van der Waals surface area contributed by atoms with E-state index in [9.17, 15) is 27.9 Å². The molecule has 1 atom stereocenters. The number of aryl methyl sites for hydroxylation is 1. The molecular weight excluding hydrogens is 484 g/mol. The van der Waals surface area contributed by atoms with Crippen molar-refractivity contribution in [3.8, 4) is 0 Å². The molecule has 0 aliphatic rings. The van der Waals surface area contributed by atoms with Gasteiger partial charge < -0.3 is 15.4 Å². The first-order valence-electron chi connectivity index (χ1n) is 9.59. The van der Waals surface area contributed by atoms with Gasteiger partial charge in [-0.1, -0.05) is 54.3 Å². The summed E-state index contributed by atoms with van der Waals surface area (Å²) in [6.07, 6.45) is -6.44. The lowest BCUT2D eigenvalue weighted by molar-refractivity contribution is -0.242. The predicted octanol–water partition coefficient (Wildman–Crippen LogP) is 5.23. The minimum atomic E-state index is -5.36. The number of alkyl halides is 3. The maximum atomic E-state index is 14.2. The average molecular weight is 503 g/mol. The zero-order valence-electron chi connectivity index (χ0n) is 17.7. The first-order chi connectivity index (χ1) is 15.1. The normalized spacial score (nSPS) is 14.3. The third kappa shape index (κ3) is 4.20. The summed E-state index contributed by atoms with van der Waals surface area (Å²) in [7, 11) is 0. The van der Waals surface area contributed by atoms with Crippen LogP contribution in [0.2, 0.25) is 10.0 Å². The Bertz CT molecular complexity index is 1320. The van der Waals surface area contributed by atoms with Crippen LogP contribution in [0.15, 0.2) is 39.6 Å². The molecule has 176 valence electrons. The number of hydrogen-bond donors (Lipinski definition) is 2. The van der Waals surface area contributed by atoms with Gasteiger partial charge in [-0.2, -0.15) is 13.2 Å². The maximum Gasteiger partial charge on any atom is 0.424 e. The molecule has 0 spiro atoms. The Kier molecular flexibility index (Phi) is 6.29. The number of Topliss-reactive ketones (excluding diaryl/α,β-unsaturated/α-hetero) is 1. The fraction of sp³-hybridized carbons (Fsp3) is 0.318. The monoisotopic (exact) mass is 502 g/mol. The summed E-state index contributed by atoms with van der Waals surface area (Å²) in [5.41, 5.74) is -0.859. The maximum absolute atomic E-state index is 14.2. The summed E-state index contributed by atoms with van der Waals surface area (Å²) in [6.45, 7) is 4.21. The number of nitrogen functional groups attached to an aromatic ring is 1. The first-order valence-corrected chi connectivity index (χ1v) is 10.3. The second-order valence-corrected chi connectivity index (χ2v) is 9.14. The number of carbonyl (C=O) groups is 1. The number of nitrogens with two attached hydrogens (primary N) is 1. The van der Waals surface area contributed by atoms with Crippen LogP contribution in [0.5, 0.6) is 0 Å². The van der Waals surface area contributed by atoms with Crippen molar-refractivity contribution in [1.29, 1.82) is 0 Å². The molecule has 3 N–H and O–H groups in total. The van der Waals surface area contributed by atoms with Gasteiger partial charge in [-0.25, -0.2) is 4.79 Å². The first kappa shape index (κ1) is 25.0. The van der Waals surface area contributed by atoms with Crippen molar-refractivity contribution >= 4 is 45.4 Å². The molecule has 0 saturated carbocycles. The van der Waals surface area contributed by atoms with E-state index in [-0.39, 0.29) is 32.1 Å². The van der Waals surface area contributed by atoms with Crippen molar-refractivity contribution in [2.75, 3.05) is 5.73 Å². The van der Waals surface area contributed by atoms with Gasteiger partial charge in [0.2, 0.25) is 11.4 Å². The molecule has 0 saturated heterocycles. The fourth-order valence-corrected chi connectivity index (χ4v) is 4.43.